The molecule has 2 heterocycles. The van der Waals surface area contributed by atoms with Crippen LogP contribution in [0.1, 0.15) is 31.2 Å². The summed E-state index contributed by atoms with van der Waals surface area (Å²) in [6, 6.07) is 8.18. The molecule has 0 spiro atoms. The standard InChI is InChI=1S/C20H29N3O3.ClH/c1-26-18-7-4-16(5-8-18)6-9-19(24)22-11-13-23(14-12-22)20(25)15-17-3-2-10-21-17;/h4-5,7-8,17,21H,2-3,6,9-15H2,1H3;1H. The Bertz CT molecular complexity index is 609. The molecule has 1 aromatic rings. The second-order valence-corrected chi connectivity index (χ2v) is 7.11. The molecule has 2 saturated heterocycles. The van der Waals surface area contributed by atoms with Gasteiger partial charge in [0.15, 0.2) is 0 Å². The minimum absolute atomic E-state index is 0. The average molecular weight is 396 g/mol. The maximum Gasteiger partial charge on any atom is 0.224 e. The zero-order chi connectivity index (χ0) is 18.4. The monoisotopic (exact) mass is 395 g/mol. The molecule has 7 heteroatoms. The van der Waals surface area contributed by atoms with Gasteiger partial charge in [-0.3, -0.25) is 9.59 Å². The van der Waals surface area contributed by atoms with E-state index in [2.05, 4.69) is 5.32 Å². The fourth-order valence-electron chi connectivity index (χ4n) is 3.68. The van der Waals surface area contributed by atoms with Crippen molar-refractivity contribution < 1.29 is 14.3 Å². The number of benzene rings is 1. The number of rotatable bonds is 6. The van der Waals surface area contributed by atoms with Gasteiger partial charge in [0.25, 0.3) is 0 Å². The quantitative estimate of drug-likeness (QED) is 0.798. The van der Waals surface area contributed by atoms with Crippen LogP contribution in [0, 0.1) is 0 Å². The first-order chi connectivity index (χ1) is 12.7. The first-order valence-corrected chi connectivity index (χ1v) is 9.57. The predicted molar refractivity (Wildman–Crippen MR) is 107 cm³/mol. The Hall–Kier alpha value is -1.79. The molecule has 0 radical (unpaired) electrons. The van der Waals surface area contributed by atoms with Crippen LogP contribution >= 0.6 is 12.4 Å². The highest BCUT2D eigenvalue weighted by atomic mass is 35.5. The van der Waals surface area contributed by atoms with Gasteiger partial charge in [0, 0.05) is 45.1 Å². The molecule has 2 aliphatic heterocycles. The third-order valence-corrected chi connectivity index (χ3v) is 5.36. The van der Waals surface area contributed by atoms with Gasteiger partial charge in [0.05, 0.1) is 7.11 Å². The Morgan fingerprint density at radius 2 is 1.70 bits per heavy atom. The number of methoxy groups -OCH3 is 1. The zero-order valence-electron chi connectivity index (χ0n) is 16.0. The van der Waals surface area contributed by atoms with E-state index in [1.807, 2.05) is 34.1 Å². The average Bonchev–Trinajstić information content (AvgIpc) is 3.19. The van der Waals surface area contributed by atoms with Crippen LogP contribution < -0.4 is 10.1 Å². The molecule has 1 N–H and O–H groups in total. The second-order valence-electron chi connectivity index (χ2n) is 7.11. The van der Waals surface area contributed by atoms with E-state index in [1.54, 1.807) is 7.11 Å². The van der Waals surface area contributed by atoms with Crippen molar-refractivity contribution in [3.05, 3.63) is 29.8 Å². The van der Waals surface area contributed by atoms with Crippen LogP contribution in [-0.4, -0.2) is 67.5 Å². The lowest BCUT2D eigenvalue weighted by molar-refractivity contribution is -0.139. The maximum atomic E-state index is 12.4. The molecule has 0 saturated carbocycles. The second kappa shape index (κ2) is 10.5. The molecule has 2 fully saturated rings. The number of ether oxygens (including phenoxy) is 1. The van der Waals surface area contributed by atoms with Crippen LogP contribution in [0.25, 0.3) is 0 Å². The molecule has 0 aliphatic carbocycles. The smallest absolute Gasteiger partial charge is 0.224 e. The molecule has 1 aromatic carbocycles. The molecule has 2 aliphatic rings. The van der Waals surface area contributed by atoms with Gasteiger partial charge in [-0.1, -0.05) is 12.1 Å². The summed E-state index contributed by atoms with van der Waals surface area (Å²) in [4.78, 5) is 28.6. The summed E-state index contributed by atoms with van der Waals surface area (Å²) in [5.41, 5.74) is 1.14. The van der Waals surface area contributed by atoms with E-state index in [0.29, 0.717) is 45.1 Å². The van der Waals surface area contributed by atoms with E-state index in [1.165, 1.54) is 0 Å². The number of amides is 2. The molecule has 1 unspecified atom stereocenters. The summed E-state index contributed by atoms with van der Waals surface area (Å²) in [7, 11) is 1.65. The SMILES string of the molecule is COc1ccc(CCC(=O)N2CCN(C(=O)CC3CCCN3)CC2)cc1.Cl. The highest BCUT2D eigenvalue weighted by Crippen LogP contribution is 2.15. The number of carbonyl (C=O) groups is 2. The van der Waals surface area contributed by atoms with Gasteiger partial charge in [-0.15, -0.1) is 12.4 Å². The van der Waals surface area contributed by atoms with Crippen molar-refractivity contribution >= 4 is 24.2 Å². The van der Waals surface area contributed by atoms with Crippen molar-refractivity contribution in [3.8, 4) is 5.75 Å². The summed E-state index contributed by atoms with van der Waals surface area (Å²) in [5, 5.41) is 3.37. The fourth-order valence-corrected chi connectivity index (χ4v) is 3.68. The van der Waals surface area contributed by atoms with Crippen LogP contribution in [0.5, 0.6) is 5.75 Å². The molecule has 2 amide bonds. The van der Waals surface area contributed by atoms with Gasteiger partial charge in [-0.2, -0.15) is 0 Å². The summed E-state index contributed by atoms with van der Waals surface area (Å²) in [6.07, 6.45) is 4.08. The van der Waals surface area contributed by atoms with Crippen molar-refractivity contribution in [1.82, 2.24) is 15.1 Å². The van der Waals surface area contributed by atoms with Crippen LogP contribution in [0.3, 0.4) is 0 Å². The van der Waals surface area contributed by atoms with Crippen LogP contribution in [0.2, 0.25) is 0 Å². The molecule has 1 atom stereocenters. The molecular formula is C20H30ClN3O3. The van der Waals surface area contributed by atoms with Crippen LogP contribution in [0.4, 0.5) is 0 Å². The predicted octanol–water partition coefficient (Wildman–Crippen LogP) is 1.86. The molecule has 150 valence electrons. The van der Waals surface area contributed by atoms with Gasteiger partial charge in [0.2, 0.25) is 11.8 Å². The third kappa shape index (κ3) is 6.11. The van der Waals surface area contributed by atoms with E-state index in [4.69, 9.17) is 4.74 Å². The molecular weight excluding hydrogens is 366 g/mol. The molecule has 0 bridgehead atoms. The number of piperazine rings is 1. The van der Waals surface area contributed by atoms with Gasteiger partial charge < -0.3 is 19.9 Å². The Balaban J connectivity index is 0.00000261. The lowest BCUT2D eigenvalue weighted by Crippen LogP contribution is -2.51. The third-order valence-electron chi connectivity index (χ3n) is 5.36. The van der Waals surface area contributed by atoms with E-state index in [0.717, 1.165) is 37.1 Å². The van der Waals surface area contributed by atoms with Crippen molar-refractivity contribution in [3.63, 3.8) is 0 Å². The molecule has 0 aromatic heterocycles. The van der Waals surface area contributed by atoms with Crippen LogP contribution in [-0.2, 0) is 16.0 Å². The van der Waals surface area contributed by atoms with Crippen molar-refractivity contribution in [2.75, 3.05) is 39.8 Å². The molecule has 6 nitrogen and oxygen atoms in total. The lowest BCUT2D eigenvalue weighted by Gasteiger charge is -2.35. The Morgan fingerprint density at radius 3 is 2.26 bits per heavy atom. The van der Waals surface area contributed by atoms with Crippen molar-refractivity contribution in [1.29, 1.82) is 0 Å². The summed E-state index contributed by atoms with van der Waals surface area (Å²) >= 11 is 0. The zero-order valence-corrected chi connectivity index (χ0v) is 16.8. The molecule has 3 rings (SSSR count). The van der Waals surface area contributed by atoms with Gasteiger partial charge in [-0.05, 0) is 43.5 Å². The Kier molecular flexibility index (Phi) is 8.38. The highest BCUT2D eigenvalue weighted by molar-refractivity contribution is 5.85. The Morgan fingerprint density at radius 1 is 1.07 bits per heavy atom. The number of hydrogen-bond donors (Lipinski definition) is 1. The number of aryl methyl sites for hydroxylation is 1. The maximum absolute atomic E-state index is 12.4. The number of nitrogens with zero attached hydrogens (tertiary/aromatic N) is 2. The number of carbonyl (C=O) groups excluding carboxylic acids is 2. The highest BCUT2D eigenvalue weighted by Gasteiger charge is 2.26. The van der Waals surface area contributed by atoms with E-state index >= 15 is 0 Å². The van der Waals surface area contributed by atoms with Crippen molar-refractivity contribution in [2.24, 2.45) is 0 Å². The molecule has 27 heavy (non-hydrogen) atoms. The lowest BCUT2D eigenvalue weighted by atomic mass is 10.1. The van der Waals surface area contributed by atoms with Gasteiger partial charge >= 0.3 is 0 Å². The number of nitrogens with one attached hydrogen (secondary N) is 1. The summed E-state index contributed by atoms with van der Waals surface area (Å²) in [6.45, 7) is 3.62. The topological polar surface area (TPSA) is 61.9 Å². The number of hydrogen-bond acceptors (Lipinski definition) is 4. The number of halogens is 1. The minimum atomic E-state index is 0. The summed E-state index contributed by atoms with van der Waals surface area (Å²) < 4.78 is 5.15. The minimum Gasteiger partial charge on any atom is -0.497 e. The normalized spacial score (nSPS) is 19.5. The first kappa shape index (κ1) is 21.5. The van der Waals surface area contributed by atoms with Gasteiger partial charge in [0.1, 0.15) is 5.75 Å². The van der Waals surface area contributed by atoms with Crippen LogP contribution in [0.15, 0.2) is 24.3 Å². The summed E-state index contributed by atoms with van der Waals surface area (Å²) in [5.74, 6) is 1.22. The van der Waals surface area contributed by atoms with Gasteiger partial charge in [-0.25, -0.2) is 0 Å². The van der Waals surface area contributed by atoms with E-state index < -0.39 is 0 Å². The van der Waals surface area contributed by atoms with E-state index in [-0.39, 0.29) is 24.2 Å². The Labute approximate surface area is 167 Å². The van der Waals surface area contributed by atoms with E-state index in [9.17, 15) is 9.59 Å². The largest absolute Gasteiger partial charge is 0.497 e. The first-order valence-electron chi connectivity index (χ1n) is 9.57. The van der Waals surface area contributed by atoms with Crippen molar-refractivity contribution in [2.45, 2.75) is 38.1 Å². The fraction of sp³-hybridized carbons (Fsp3) is 0.600.